The van der Waals surface area contributed by atoms with Crippen LogP contribution in [0.25, 0.3) is 6.08 Å². The zero-order chi connectivity index (χ0) is 22.2. The van der Waals surface area contributed by atoms with Gasteiger partial charge in [0.15, 0.2) is 0 Å². The average Bonchev–Trinajstić information content (AvgIpc) is 2.80. The van der Waals surface area contributed by atoms with Gasteiger partial charge < -0.3 is 19.9 Å². The predicted octanol–water partition coefficient (Wildman–Crippen LogP) is 3.64. The molecule has 3 rings (SSSR count). The Labute approximate surface area is 182 Å². The fourth-order valence-corrected chi connectivity index (χ4v) is 3.34. The number of amides is 3. The molecule has 1 fully saturated rings. The van der Waals surface area contributed by atoms with Crippen molar-refractivity contribution in [3.05, 3.63) is 71.3 Å². The Morgan fingerprint density at radius 2 is 1.55 bits per heavy atom. The first-order chi connectivity index (χ1) is 15.0. The second-order valence-electron chi connectivity index (χ2n) is 7.22. The van der Waals surface area contributed by atoms with Crippen molar-refractivity contribution < 1.29 is 19.1 Å². The molecule has 2 aromatic carbocycles. The minimum atomic E-state index is -0.358. The highest BCUT2D eigenvalue weighted by Gasteiger charge is 2.26. The Kier molecular flexibility index (Phi) is 7.43. The molecular weight excluding hydrogens is 394 g/mol. The van der Waals surface area contributed by atoms with Gasteiger partial charge in [-0.15, -0.1) is 0 Å². The van der Waals surface area contributed by atoms with E-state index in [0.29, 0.717) is 49.6 Å². The van der Waals surface area contributed by atoms with Gasteiger partial charge in [-0.1, -0.05) is 42.5 Å². The molecule has 1 heterocycles. The van der Waals surface area contributed by atoms with E-state index in [1.165, 1.54) is 0 Å². The number of ether oxygens (including phenoxy) is 1. The van der Waals surface area contributed by atoms with Crippen LogP contribution < -0.4 is 5.32 Å². The van der Waals surface area contributed by atoms with Gasteiger partial charge in [0.25, 0.3) is 11.8 Å². The third-order valence-corrected chi connectivity index (χ3v) is 5.04. The van der Waals surface area contributed by atoms with Crippen LogP contribution in [0.15, 0.2) is 60.2 Å². The maximum absolute atomic E-state index is 13.1. The maximum atomic E-state index is 13.1. The van der Waals surface area contributed by atoms with Gasteiger partial charge in [-0.25, -0.2) is 4.79 Å². The summed E-state index contributed by atoms with van der Waals surface area (Å²) in [7, 11) is 0. The summed E-state index contributed by atoms with van der Waals surface area (Å²) in [6.07, 6.45) is 1.44. The van der Waals surface area contributed by atoms with E-state index in [1.807, 2.05) is 30.3 Å². The second-order valence-corrected chi connectivity index (χ2v) is 7.22. The summed E-state index contributed by atoms with van der Waals surface area (Å²) in [5, 5.41) is 2.86. The van der Waals surface area contributed by atoms with E-state index in [9.17, 15) is 14.4 Å². The second kappa shape index (κ2) is 10.4. The van der Waals surface area contributed by atoms with Gasteiger partial charge >= 0.3 is 6.09 Å². The molecule has 0 atom stereocenters. The third kappa shape index (κ3) is 5.72. The molecule has 0 unspecified atom stereocenters. The summed E-state index contributed by atoms with van der Waals surface area (Å²) in [5.41, 5.74) is 2.36. The molecule has 0 bridgehead atoms. The smallest absolute Gasteiger partial charge is 0.409 e. The first kappa shape index (κ1) is 22.1. The summed E-state index contributed by atoms with van der Waals surface area (Å²) < 4.78 is 5.02. The van der Waals surface area contributed by atoms with Crippen LogP contribution in [0.5, 0.6) is 0 Å². The van der Waals surface area contributed by atoms with Crippen molar-refractivity contribution >= 4 is 29.7 Å². The molecule has 1 aliphatic heterocycles. The van der Waals surface area contributed by atoms with Crippen LogP contribution in [0.1, 0.15) is 29.8 Å². The predicted molar refractivity (Wildman–Crippen MR) is 120 cm³/mol. The monoisotopic (exact) mass is 421 g/mol. The van der Waals surface area contributed by atoms with Crippen LogP contribution in [0.4, 0.5) is 10.5 Å². The number of nitrogens with zero attached hydrogens (tertiary/aromatic N) is 2. The molecule has 1 N–H and O–H groups in total. The van der Waals surface area contributed by atoms with Crippen molar-refractivity contribution in [1.82, 2.24) is 9.80 Å². The van der Waals surface area contributed by atoms with Crippen LogP contribution in [-0.4, -0.2) is 60.5 Å². The first-order valence-corrected chi connectivity index (χ1v) is 10.3. The van der Waals surface area contributed by atoms with E-state index in [4.69, 9.17) is 4.74 Å². The average molecular weight is 421 g/mol. The Balaban J connectivity index is 1.68. The van der Waals surface area contributed by atoms with Crippen molar-refractivity contribution in [2.75, 3.05) is 38.1 Å². The number of hydrogen-bond acceptors (Lipinski definition) is 4. The molecule has 0 aliphatic carbocycles. The highest BCUT2D eigenvalue weighted by Crippen LogP contribution is 2.20. The van der Waals surface area contributed by atoms with E-state index in [1.54, 1.807) is 54.0 Å². The summed E-state index contributed by atoms with van der Waals surface area (Å²) in [6.45, 7) is 5.47. The summed E-state index contributed by atoms with van der Waals surface area (Å²) in [4.78, 5) is 40.9. The largest absolute Gasteiger partial charge is 0.450 e. The minimum Gasteiger partial charge on any atom is -0.450 e. The molecule has 0 aromatic heterocycles. The molecule has 162 valence electrons. The van der Waals surface area contributed by atoms with Gasteiger partial charge in [0.05, 0.1) is 17.9 Å². The first-order valence-electron chi connectivity index (χ1n) is 10.3. The number of carbonyl (C=O) groups excluding carboxylic acids is 3. The zero-order valence-electron chi connectivity index (χ0n) is 17.8. The number of piperazine rings is 1. The summed E-state index contributed by atoms with van der Waals surface area (Å²) >= 11 is 0. The number of benzene rings is 2. The van der Waals surface area contributed by atoms with Crippen molar-refractivity contribution in [3.63, 3.8) is 0 Å². The van der Waals surface area contributed by atoms with Crippen molar-refractivity contribution in [3.8, 4) is 0 Å². The number of hydrogen-bond donors (Lipinski definition) is 1. The zero-order valence-corrected chi connectivity index (χ0v) is 17.8. The van der Waals surface area contributed by atoms with Gasteiger partial charge in [0.1, 0.15) is 0 Å². The minimum absolute atomic E-state index is 0.177. The van der Waals surface area contributed by atoms with E-state index in [2.05, 4.69) is 5.32 Å². The lowest BCUT2D eigenvalue weighted by Crippen LogP contribution is -2.50. The van der Waals surface area contributed by atoms with Crippen LogP contribution in [-0.2, 0) is 9.53 Å². The Bertz CT molecular complexity index is 964. The van der Waals surface area contributed by atoms with Crippen LogP contribution in [0.2, 0.25) is 0 Å². The molecule has 7 nitrogen and oxygen atoms in total. The molecule has 3 amide bonds. The molecule has 7 heteroatoms. The van der Waals surface area contributed by atoms with E-state index < -0.39 is 0 Å². The molecule has 2 aromatic rings. The van der Waals surface area contributed by atoms with Crippen LogP contribution in [0.3, 0.4) is 0 Å². The Morgan fingerprint density at radius 3 is 2.23 bits per heavy atom. The van der Waals surface area contributed by atoms with E-state index in [0.717, 1.165) is 5.56 Å². The lowest BCUT2D eigenvalue weighted by Gasteiger charge is -2.34. The Morgan fingerprint density at radius 1 is 0.935 bits per heavy atom. The molecule has 0 saturated carbocycles. The molecular formula is C24H27N3O4. The van der Waals surface area contributed by atoms with Gasteiger partial charge in [-0.2, -0.15) is 0 Å². The van der Waals surface area contributed by atoms with Crippen molar-refractivity contribution in [2.45, 2.75) is 13.8 Å². The fraction of sp³-hybridized carbons (Fsp3) is 0.292. The summed E-state index contributed by atoms with van der Waals surface area (Å²) in [5.74, 6) is -0.444. The van der Waals surface area contributed by atoms with Crippen molar-refractivity contribution in [2.24, 2.45) is 0 Å². The normalized spacial score (nSPS) is 14.2. The van der Waals surface area contributed by atoms with Crippen LogP contribution in [0, 0.1) is 0 Å². The molecule has 1 saturated heterocycles. The SMILES string of the molecule is CCOC(=O)N1CCN(C(=O)c2ccccc2NC(=O)/C(C)=C/c2ccccc2)CC1. The van der Waals surface area contributed by atoms with Gasteiger partial charge in [0, 0.05) is 31.8 Å². The Hall–Kier alpha value is -3.61. The van der Waals surface area contributed by atoms with Crippen molar-refractivity contribution in [1.29, 1.82) is 0 Å². The maximum Gasteiger partial charge on any atom is 0.409 e. The number of carbonyl (C=O) groups is 3. The van der Waals surface area contributed by atoms with Gasteiger partial charge in [-0.05, 0) is 37.6 Å². The van der Waals surface area contributed by atoms with Gasteiger partial charge in [-0.3, -0.25) is 9.59 Å². The lowest BCUT2D eigenvalue weighted by molar-refractivity contribution is -0.112. The lowest BCUT2D eigenvalue weighted by atomic mass is 10.1. The standard InChI is InChI=1S/C24H27N3O4/c1-3-31-24(30)27-15-13-26(14-16-27)23(29)20-11-7-8-12-21(20)25-22(28)18(2)17-19-9-5-4-6-10-19/h4-12,17H,3,13-16H2,1-2H3,(H,25,28)/b18-17+. The highest BCUT2D eigenvalue weighted by atomic mass is 16.6. The molecule has 31 heavy (non-hydrogen) atoms. The summed E-state index contributed by atoms with van der Waals surface area (Å²) in [6, 6.07) is 16.5. The quantitative estimate of drug-likeness (QED) is 0.748. The molecule has 0 spiro atoms. The third-order valence-electron chi connectivity index (χ3n) is 5.04. The number of para-hydroxylation sites is 1. The number of anilines is 1. The molecule has 0 radical (unpaired) electrons. The van der Waals surface area contributed by atoms with E-state index in [-0.39, 0.29) is 17.9 Å². The number of nitrogens with one attached hydrogen (secondary N) is 1. The van der Waals surface area contributed by atoms with E-state index >= 15 is 0 Å². The number of rotatable bonds is 5. The topological polar surface area (TPSA) is 79.0 Å². The fourth-order valence-electron chi connectivity index (χ4n) is 3.34. The van der Waals surface area contributed by atoms with Crippen LogP contribution >= 0.6 is 0 Å². The molecule has 1 aliphatic rings. The highest BCUT2D eigenvalue weighted by molar-refractivity contribution is 6.10. The van der Waals surface area contributed by atoms with Gasteiger partial charge in [0.2, 0.25) is 0 Å².